The third-order valence-electron chi connectivity index (χ3n) is 3.43. The summed E-state index contributed by atoms with van der Waals surface area (Å²) in [7, 11) is -0.899. The number of rotatable bonds is 3. The highest BCUT2D eigenvalue weighted by molar-refractivity contribution is 6.95. The van der Waals surface area contributed by atoms with Crippen molar-refractivity contribution in [3.63, 3.8) is 0 Å². The smallest absolute Gasteiger partial charge is 0.0624 e. The van der Waals surface area contributed by atoms with Crippen molar-refractivity contribution in [2.45, 2.75) is 6.92 Å². The first-order chi connectivity index (χ1) is 9.84. The fourth-order valence-electron chi connectivity index (χ4n) is 2.51. The molecule has 0 aliphatic rings. The van der Waals surface area contributed by atoms with Crippen molar-refractivity contribution >= 4 is 24.4 Å². The number of hydrogen-bond acceptors (Lipinski definition) is 0. The Morgan fingerprint density at radius 3 is 1.55 bits per heavy atom. The lowest BCUT2D eigenvalue weighted by molar-refractivity contribution is 1.49. The number of benzene rings is 3. The van der Waals surface area contributed by atoms with Crippen molar-refractivity contribution in [3.05, 3.63) is 90.5 Å². The van der Waals surface area contributed by atoms with E-state index in [4.69, 9.17) is 0 Å². The van der Waals surface area contributed by atoms with E-state index in [-0.39, 0.29) is 0 Å². The summed E-state index contributed by atoms with van der Waals surface area (Å²) in [5.74, 6) is 0. The number of aryl methyl sites for hydroxylation is 1. The van der Waals surface area contributed by atoms with E-state index in [2.05, 4.69) is 91.9 Å². The topological polar surface area (TPSA) is 0 Å². The fourth-order valence-corrected chi connectivity index (χ4v) is 5.20. The molecule has 0 fully saturated rings. The van der Waals surface area contributed by atoms with Gasteiger partial charge in [-0.15, -0.1) is 0 Å². The third kappa shape index (κ3) is 2.73. The largest absolute Gasteiger partial charge is 0.154 e. The Kier molecular flexibility index (Phi) is 3.80. The van der Waals surface area contributed by atoms with Crippen molar-refractivity contribution in [2.24, 2.45) is 0 Å². The first-order valence-corrected chi connectivity index (χ1v) is 8.39. The molecule has 0 N–H and O–H groups in total. The third-order valence-corrected chi connectivity index (χ3v) is 6.14. The molecule has 0 aliphatic carbocycles. The molecule has 3 rings (SSSR count). The summed E-state index contributed by atoms with van der Waals surface area (Å²) >= 11 is 0. The molecule has 0 nitrogen and oxygen atoms in total. The van der Waals surface area contributed by atoms with Crippen molar-refractivity contribution in [2.75, 3.05) is 0 Å². The second-order valence-electron chi connectivity index (χ2n) is 4.98. The monoisotopic (exact) mass is 273 g/mol. The van der Waals surface area contributed by atoms with Crippen LogP contribution in [0.5, 0.6) is 0 Å². The van der Waals surface area contributed by atoms with Gasteiger partial charge in [0.05, 0.1) is 0 Å². The average molecular weight is 273 g/mol. The van der Waals surface area contributed by atoms with Gasteiger partial charge in [-0.05, 0) is 6.92 Å². The molecule has 20 heavy (non-hydrogen) atoms. The van der Waals surface area contributed by atoms with Gasteiger partial charge in [0, 0.05) is 0 Å². The minimum Gasteiger partial charge on any atom is -0.0624 e. The molecular formula is C19H17Si. The zero-order valence-corrected chi connectivity index (χ0v) is 12.6. The van der Waals surface area contributed by atoms with Crippen LogP contribution in [-0.2, 0) is 0 Å². The van der Waals surface area contributed by atoms with Crippen LogP contribution in [-0.4, -0.2) is 8.80 Å². The fraction of sp³-hybridized carbons (Fsp3) is 0.0526. The Morgan fingerprint density at radius 1 is 0.550 bits per heavy atom. The molecule has 3 aromatic rings. The lowest BCUT2D eigenvalue weighted by Gasteiger charge is -2.17. The molecule has 0 aliphatic heterocycles. The van der Waals surface area contributed by atoms with Gasteiger partial charge in [-0.1, -0.05) is 106 Å². The standard InChI is InChI=1S/C19H17Si/c1-16-9-8-14-19(15-16)20(17-10-4-2-5-11-17)18-12-6-3-7-13-18/h2-15H,1H3. The second kappa shape index (κ2) is 5.89. The molecule has 1 radical (unpaired) electrons. The summed E-state index contributed by atoms with van der Waals surface area (Å²) < 4.78 is 0. The average Bonchev–Trinajstić information content (AvgIpc) is 2.50. The van der Waals surface area contributed by atoms with Gasteiger partial charge in [-0.3, -0.25) is 0 Å². The van der Waals surface area contributed by atoms with Crippen LogP contribution < -0.4 is 15.6 Å². The first kappa shape index (κ1) is 12.9. The van der Waals surface area contributed by atoms with E-state index in [1.54, 1.807) is 0 Å². The zero-order valence-electron chi connectivity index (χ0n) is 11.6. The van der Waals surface area contributed by atoms with Crippen LogP contribution in [0.25, 0.3) is 0 Å². The van der Waals surface area contributed by atoms with Gasteiger partial charge < -0.3 is 0 Å². The highest BCUT2D eigenvalue weighted by Crippen LogP contribution is 1.98. The van der Waals surface area contributed by atoms with Crippen molar-refractivity contribution in [3.8, 4) is 0 Å². The van der Waals surface area contributed by atoms with Gasteiger partial charge >= 0.3 is 0 Å². The van der Waals surface area contributed by atoms with Gasteiger partial charge in [0.1, 0.15) is 0 Å². The van der Waals surface area contributed by atoms with Crippen LogP contribution in [0.2, 0.25) is 0 Å². The molecular weight excluding hydrogens is 256 g/mol. The summed E-state index contributed by atoms with van der Waals surface area (Å²) in [5, 5.41) is 4.33. The molecule has 0 amide bonds. The minimum atomic E-state index is -0.899. The normalized spacial score (nSPS) is 10.7. The van der Waals surface area contributed by atoms with Crippen molar-refractivity contribution < 1.29 is 0 Å². The van der Waals surface area contributed by atoms with Gasteiger partial charge in [0.25, 0.3) is 0 Å². The van der Waals surface area contributed by atoms with E-state index >= 15 is 0 Å². The lowest BCUT2D eigenvalue weighted by Crippen LogP contribution is -2.51. The molecule has 1 heteroatoms. The van der Waals surface area contributed by atoms with Gasteiger partial charge in [-0.2, -0.15) is 0 Å². The molecule has 3 aromatic carbocycles. The van der Waals surface area contributed by atoms with Gasteiger partial charge in [0.2, 0.25) is 0 Å². The van der Waals surface area contributed by atoms with Crippen LogP contribution in [0.1, 0.15) is 5.56 Å². The summed E-state index contributed by atoms with van der Waals surface area (Å²) in [4.78, 5) is 0. The Morgan fingerprint density at radius 2 is 1.05 bits per heavy atom. The Balaban J connectivity index is 2.14. The minimum absolute atomic E-state index is 0.899. The SMILES string of the molecule is Cc1cccc([Si](c2ccccc2)c2ccccc2)c1. The molecule has 0 bridgehead atoms. The summed E-state index contributed by atoms with van der Waals surface area (Å²) in [6.45, 7) is 2.17. The Labute approximate surface area is 122 Å². The molecule has 0 saturated heterocycles. The summed E-state index contributed by atoms with van der Waals surface area (Å²) in [6, 6.07) is 30.7. The molecule has 0 aromatic heterocycles. The predicted molar refractivity (Wildman–Crippen MR) is 88.7 cm³/mol. The van der Waals surface area contributed by atoms with Crippen LogP contribution in [0, 0.1) is 6.92 Å². The Hall–Kier alpha value is -2.12. The first-order valence-electron chi connectivity index (χ1n) is 6.89. The van der Waals surface area contributed by atoms with Gasteiger partial charge in [0.15, 0.2) is 8.80 Å². The van der Waals surface area contributed by atoms with Crippen LogP contribution in [0.15, 0.2) is 84.9 Å². The van der Waals surface area contributed by atoms with Crippen LogP contribution in [0.4, 0.5) is 0 Å². The highest BCUT2D eigenvalue weighted by Gasteiger charge is 2.18. The highest BCUT2D eigenvalue weighted by atomic mass is 28.3. The van der Waals surface area contributed by atoms with Crippen molar-refractivity contribution in [1.29, 1.82) is 0 Å². The zero-order chi connectivity index (χ0) is 13.8. The predicted octanol–water partition coefficient (Wildman–Crippen LogP) is 2.51. The van der Waals surface area contributed by atoms with E-state index < -0.39 is 8.80 Å². The van der Waals surface area contributed by atoms with E-state index in [1.807, 2.05) is 0 Å². The molecule has 0 heterocycles. The quantitative estimate of drug-likeness (QED) is 0.508. The maximum Gasteiger partial charge on any atom is 0.154 e. The van der Waals surface area contributed by atoms with Gasteiger partial charge in [-0.25, -0.2) is 0 Å². The number of hydrogen-bond donors (Lipinski definition) is 0. The van der Waals surface area contributed by atoms with E-state index in [9.17, 15) is 0 Å². The maximum atomic E-state index is 2.33. The molecule has 97 valence electrons. The van der Waals surface area contributed by atoms with E-state index in [0.717, 1.165) is 0 Å². The van der Waals surface area contributed by atoms with Crippen molar-refractivity contribution in [1.82, 2.24) is 0 Å². The summed E-state index contributed by atoms with van der Waals surface area (Å²) in [6.07, 6.45) is 0. The summed E-state index contributed by atoms with van der Waals surface area (Å²) in [5.41, 5.74) is 1.33. The maximum absolute atomic E-state index is 2.33. The molecule has 0 unspecified atom stereocenters. The van der Waals surface area contributed by atoms with E-state index in [0.29, 0.717) is 0 Å². The van der Waals surface area contributed by atoms with E-state index in [1.165, 1.54) is 21.1 Å². The Bertz CT molecular complexity index is 635. The second-order valence-corrected chi connectivity index (χ2v) is 7.46. The molecule has 0 saturated carbocycles. The van der Waals surface area contributed by atoms with Crippen LogP contribution in [0.3, 0.4) is 0 Å². The lowest BCUT2D eigenvalue weighted by atomic mass is 10.2. The van der Waals surface area contributed by atoms with Crippen LogP contribution >= 0.6 is 0 Å². The molecule has 0 atom stereocenters. The molecule has 0 spiro atoms.